The molecule has 0 radical (unpaired) electrons. The number of nitrogens with two attached hydrogens (primary N) is 1. The molecule has 1 aromatic rings. The molecule has 0 aliphatic carbocycles. The zero-order valence-corrected chi connectivity index (χ0v) is 12.9. The van der Waals surface area contributed by atoms with Crippen molar-refractivity contribution in [2.45, 2.75) is 44.0 Å². The predicted octanol–water partition coefficient (Wildman–Crippen LogP) is 2.17. The fraction of sp³-hybridized carbons (Fsp3) is 0.571. The number of benzene rings is 1. The Balaban J connectivity index is 3.03. The molecule has 0 spiro atoms. The first-order chi connectivity index (χ1) is 8.84. The first kappa shape index (κ1) is 16.1. The molecule has 2 atom stereocenters. The van der Waals surface area contributed by atoms with E-state index in [9.17, 15) is 8.42 Å². The smallest absolute Gasteiger partial charge is 0.243 e. The third kappa shape index (κ3) is 3.55. The third-order valence-corrected chi connectivity index (χ3v) is 5.69. The molecule has 0 aliphatic rings. The predicted molar refractivity (Wildman–Crippen MR) is 78.6 cm³/mol. The fourth-order valence-corrected chi connectivity index (χ4v) is 3.13. The highest BCUT2D eigenvalue weighted by Gasteiger charge is 2.24. The minimum absolute atomic E-state index is 0.209. The highest BCUT2D eigenvalue weighted by Crippen LogP contribution is 2.22. The SMILES string of the molecule is CCC(C)c1ccc(S(=O)(=O)N(C)C(C)CN)cc1. The van der Waals surface area contributed by atoms with Gasteiger partial charge in [-0.05, 0) is 37.0 Å². The fourth-order valence-electron chi connectivity index (χ4n) is 1.76. The molecule has 108 valence electrons. The van der Waals surface area contributed by atoms with Crippen molar-refractivity contribution in [2.75, 3.05) is 13.6 Å². The van der Waals surface area contributed by atoms with Gasteiger partial charge in [-0.1, -0.05) is 26.0 Å². The molecule has 1 aromatic carbocycles. The Bertz CT molecular complexity index is 497. The van der Waals surface area contributed by atoms with E-state index in [0.29, 0.717) is 17.4 Å². The Morgan fingerprint density at radius 2 is 1.74 bits per heavy atom. The van der Waals surface area contributed by atoms with E-state index in [1.165, 1.54) is 4.31 Å². The second-order valence-electron chi connectivity index (χ2n) is 4.98. The highest BCUT2D eigenvalue weighted by atomic mass is 32.2. The van der Waals surface area contributed by atoms with Gasteiger partial charge in [0.2, 0.25) is 10.0 Å². The van der Waals surface area contributed by atoms with Gasteiger partial charge in [0, 0.05) is 19.6 Å². The van der Waals surface area contributed by atoms with Gasteiger partial charge < -0.3 is 5.73 Å². The minimum Gasteiger partial charge on any atom is -0.329 e. The maximum absolute atomic E-state index is 12.4. The van der Waals surface area contributed by atoms with Crippen LogP contribution >= 0.6 is 0 Å². The van der Waals surface area contributed by atoms with Crippen LogP contribution in [0.1, 0.15) is 38.7 Å². The van der Waals surface area contributed by atoms with Crippen molar-refractivity contribution in [2.24, 2.45) is 5.73 Å². The Morgan fingerprint density at radius 3 is 2.16 bits per heavy atom. The maximum Gasteiger partial charge on any atom is 0.243 e. The van der Waals surface area contributed by atoms with Gasteiger partial charge in [-0.25, -0.2) is 8.42 Å². The van der Waals surface area contributed by atoms with E-state index in [1.54, 1.807) is 26.1 Å². The molecule has 2 N–H and O–H groups in total. The van der Waals surface area contributed by atoms with Crippen molar-refractivity contribution in [3.63, 3.8) is 0 Å². The quantitative estimate of drug-likeness (QED) is 0.870. The Hall–Kier alpha value is -0.910. The molecule has 0 aliphatic heterocycles. The minimum atomic E-state index is -3.45. The molecule has 0 saturated carbocycles. The van der Waals surface area contributed by atoms with Crippen LogP contribution in [0.15, 0.2) is 29.2 Å². The van der Waals surface area contributed by atoms with Gasteiger partial charge in [0.1, 0.15) is 0 Å². The lowest BCUT2D eigenvalue weighted by molar-refractivity contribution is 0.394. The lowest BCUT2D eigenvalue weighted by atomic mass is 9.99. The molecule has 0 saturated heterocycles. The number of hydrogen-bond acceptors (Lipinski definition) is 3. The summed E-state index contributed by atoms with van der Waals surface area (Å²) in [7, 11) is -1.88. The van der Waals surface area contributed by atoms with E-state index in [2.05, 4.69) is 13.8 Å². The van der Waals surface area contributed by atoms with Gasteiger partial charge in [-0.3, -0.25) is 0 Å². The van der Waals surface area contributed by atoms with Crippen LogP contribution in [0.3, 0.4) is 0 Å². The molecule has 1 rings (SSSR count). The van der Waals surface area contributed by atoms with E-state index >= 15 is 0 Å². The first-order valence-corrected chi connectivity index (χ1v) is 8.06. The van der Waals surface area contributed by atoms with Crippen LogP contribution in [0, 0.1) is 0 Å². The standard InChI is InChI=1S/C14H24N2O2S/c1-5-11(2)13-6-8-14(9-7-13)19(17,18)16(4)12(3)10-15/h6-9,11-12H,5,10,15H2,1-4H3. The summed E-state index contributed by atoms with van der Waals surface area (Å²) in [5.41, 5.74) is 6.69. The number of nitrogens with zero attached hydrogens (tertiary/aromatic N) is 1. The molecule has 0 heterocycles. The van der Waals surface area contributed by atoms with Crippen molar-refractivity contribution in [1.29, 1.82) is 0 Å². The molecular weight excluding hydrogens is 260 g/mol. The highest BCUT2D eigenvalue weighted by molar-refractivity contribution is 7.89. The monoisotopic (exact) mass is 284 g/mol. The van der Waals surface area contributed by atoms with Crippen molar-refractivity contribution in [3.8, 4) is 0 Å². The molecule has 4 nitrogen and oxygen atoms in total. The van der Waals surface area contributed by atoms with Crippen LogP contribution in [-0.4, -0.2) is 32.4 Å². The van der Waals surface area contributed by atoms with Gasteiger partial charge >= 0.3 is 0 Å². The van der Waals surface area contributed by atoms with Crippen LogP contribution in [0.5, 0.6) is 0 Å². The van der Waals surface area contributed by atoms with Crippen LogP contribution in [0.2, 0.25) is 0 Å². The average Bonchev–Trinajstić information content (AvgIpc) is 2.44. The molecular formula is C14H24N2O2S. The molecule has 2 unspecified atom stereocenters. The summed E-state index contributed by atoms with van der Waals surface area (Å²) in [6.07, 6.45) is 1.04. The average molecular weight is 284 g/mol. The van der Waals surface area contributed by atoms with E-state index in [4.69, 9.17) is 5.73 Å². The summed E-state index contributed by atoms with van der Waals surface area (Å²) < 4.78 is 26.0. The van der Waals surface area contributed by atoms with E-state index in [1.807, 2.05) is 12.1 Å². The molecule has 0 amide bonds. The summed E-state index contributed by atoms with van der Waals surface area (Å²) in [5.74, 6) is 0.442. The van der Waals surface area contributed by atoms with E-state index in [-0.39, 0.29) is 6.04 Å². The van der Waals surface area contributed by atoms with Crippen molar-refractivity contribution >= 4 is 10.0 Å². The summed E-state index contributed by atoms with van der Waals surface area (Å²) in [4.78, 5) is 0.322. The lowest BCUT2D eigenvalue weighted by Crippen LogP contribution is -2.39. The lowest BCUT2D eigenvalue weighted by Gasteiger charge is -2.23. The normalized spacial score (nSPS) is 15.5. The molecule has 0 fully saturated rings. The number of rotatable bonds is 6. The van der Waals surface area contributed by atoms with Crippen molar-refractivity contribution in [1.82, 2.24) is 4.31 Å². The summed E-state index contributed by atoms with van der Waals surface area (Å²) in [5, 5.41) is 0. The molecule has 5 heteroatoms. The van der Waals surface area contributed by atoms with Crippen LogP contribution in [0.4, 0.5) is 0 Å². The van der Waals surface area contributed by atoms with E-state index < -0.39 is 10.0 Å². The van der Waals surface area contributed by atoms with E-state index in [0.717, 1.165) is 12.0 Å². The van der Waals surface area contributed by atoms with Gasteiger partial charge in [0.25, 0.3) is 0 Å². The maximum atomic E-state index is 12.4. The van der Waals surface area contributed by atoms with Crippen LogP contribution in [-0.2, 0) is 10.0 Å². The van der Waals surface area contributed by atoms with Crippen molar-refractivity contribution < 1.29 is 8.42 Å². The van der Waals surface area contributed by atoms with Gasteiger partial charge in [0.15, 0.2) is 0 Å². The third-order valence-electron chi connectivity index (χ3n) is 3.70. The molecule has 0 bridgehead atoms. The van der Waals surface area contributed by atoms with Gasteiger partial charge in [-0.2, -0.15) is 4.31 Å². The molecule has 0 aromatic heterocycles. The Kier molecular flexibility index (Phi) is 5.52. The van der Waals surface area contributed by atoms with Crippen molar-refractivity contribution in [3.05, 3.63) is 29.8 Å². The molecule has 19 heavy (non-hydrogen) atoms. The Morgan fingerprint density at radius 1 is 1.21 bits per heavy atom. The topological polar surface area (TPSA) is 63.4 Å². The first-order valence-electron chi connectivity index (χ1n) is 6.62. The summed E-state index contributed by atoms with van der Waals surface area (Å²) in [6, 6.07) is 6.93. The Labute approximate surface area is 116 Å². The number of likely N-dealkylation sites (N-methyl/N-ethyl adjacent to an activating group) is 1. The summed E-state index contributed by atoms with van der Waals surface area (Å²) in [6.45, 7) is 6.35. The zero-order chi connectivity index (χ0) is 14.6. The van der Waals surface area contributed by atoms with Gasteiger partial charge in [-0.15, -0.1) is 0 Å². The second-order valence-corrected chi connectivity index (χ2v) is 6.98. The number of hydrogen-bond donors (Lipinski definition) is 1. The second kappa shape index (κ2) is 6.50. The number of sulfonamides is 1. The van der Waals surface area contributed by atoms with Crippen LogP contribution < -0.4 is 5.73 Å². The van der Waals surface area contributed by atoms with Gasteiger partial charge in [0.05, 0.1) is 4.90 Å². The van der Waals surface area contributed by atoms with Crippen LogP contribution in [0.25, 0.3) is 0 Å². The zero-order valence-electron chi connectivity index (χ0n) is 12.1. The summed E-state index contributed by atoms with van der Waals surface area (Å²) >= 11 is 0. The largest absolute Gasteiger partial charge is 0.329 e.